The third kappa shape index (κ3) is 6.03. The van der Waals surface area contributed by atoms with Crippen molar-refractivity contribution in [3.63, 3.8) is 0 Å². The van der Waals surface area contributed by atoms with Crippen LogP contribution in [-0.2, 0) is 11.2 Å². The van der Waals surface area contributed by atoms with Gasteiger partial charge in [0.05, 0.1) is 6.42 Å². The Kier molecular flexibility index (Phi) is 13.0. The number of ketones is 1. The van der Waals surface area contributed by atoms with Gasteiger partial charge >= 0.3 is 17.4 Å². The van der Waals surface area contributed by atoms with Crippen LogP contribution in [0.15, 0.2) is 18.2 Å². The molecule has 1 aromatic carbocycles. The van der Waals surface area contributed by atoms with Gasteiger partial charge in [-0.25, -0.2) is 0 Å². The average molecular weight is 351 g/mol. The smallest absolute Gasteiger partial charge is 1.00 e. The van der Waals surface area contributed by atoms with E-state index >= 15 is 0 Å². The van der Waals surface area contributed by atoms with Gasteiger partial charge in [0, 0.05) is 17.7 Å². The number of rotatable bonds is 3. The number of anilines is 1. The van der Waals surface area contributed by atoms with E-state index in [4.69, 9.17) is 0 Å². The standard InChI is InChI=1S/C13H15NO2.Al.3ClH/c1-8(2)5-12(15)9-3-4-11-10(6-9)7-13(16)14-11;;;;/h3-4,6,8H,5,7H2,1-2H3,(H,14,16);;3*1H/q;+3;;;/p-3. The Bertz CT molecular complexity index is 467. The molecule has 20 heavy (non-hydrogen) atoms. The van der Waals surface area contributed by atoms with Gasteiger partial charge in [-0.3, -0.25) is 9.59 Å². The number of carbonyl (C=O) groups is 2. The second-order valence-electron chi connectivity index (χ2n) is 4.62. The minimum Gasteiger partial charge on any atom is -1.00 e. The number of Topliss-reactive ketones (excluding diaryl/α,β-unsaturated/α-hetero) is 1. The van der Waals surface area contributed by atoms with E-state index in [1.807, 2.05) is 26.0 Å². The molecule has 0 saturated heterocycles. The minimum absolute atomic E-state index is 0. The molecule has 0 aliphatic carbocycles. The van der Waals surface area contributed by atoms with E-state index < -0.39 is 0 Å². The maximum atomic E-state index is 11.8. The van der Waals surface area contributed by atoms with Crippen molar-refractivity contribution in [3.05, 3.63) is 29.3 Å². The fourth-order valence-electron chi connectivity index (χ4n) is 1.89. The van der Waals surface area contributed by atoms with E-state index in [1.165, 1.54) is 0 Å². The second kappa shape index (κ2) is 10.5. The molecule has 1 aromatic rings. The van der Waals surface area contributed by atoms with Crippen molar-refractivity contribution >= 4 is 34.7 Å². The molecule has 1 aliphatic rings. The molecule has 108 valence electrons. The third-order valence-electron chi connectivity index (χ3n) is 2.65. The summed E-state index contributed by atoms with van der Waals surface area (Å²) in [5.74, 6) is 0.515. The van der Waals surface area contributed by atoms with Crippen LogP contribution >= 0.6 is 0 Å². The summed E-state index contributed by atoms with van der Waals surface area (Å²) < 4.78 is 0. The average Bonchev–Trinajstić information content (AvgIpc) is 2.55. The zero-order chi connectivity index (χ0) is 11.7. The van der Waals surface area contributed by atoms with Crippen LogP contribution in [0.5, 0.6) is 0 Å². The fourth-order valence-corrected chi connectivity index (χ4v) is 1.89. The maximum Gasteiger partial charge on any atom is 3.00 e. The molecule has 3 nitrogen and oxygen atoms in total. The molecule has 0 spiro atoms. The number of hydrogen-bond donors (Lipinski definition) is 1. The molecule has 1 aliphatic heterocycles. The first kappa shape index (κ1) is 24.8. The summed E-state index contributed by atoms with van der Waals surface area (Å²) in [4.78, 5) is 23.0. The summed E-state index contributed by atoms with van der Waals surface area (Å²) in [5, 5.41) is 2.75. The van der Waals surface area contributed by atoms with Crippen LogP contribution < -0.4 is 42.5 Å². The van der Waals surface area contributed by atoms with Crippen LogP contribution in [0.2, 0.25) is 0 Å². The van der Waals surface area contributed by atoms with Crippen LogP contribution in [0.3, 0.4) is 0 Å². The summed E-state index contributed by atoms with van der Waals surface area (Å²) >= 11 is 0. The Labute approximate surface area is 148 Å². The Morgan fingerprint density at radius 2 is 1.85 bits per heavy atom. The van der Waals surface area contributed by atoms with Gasteiger partial charge in [-0.05, 0) is 29.7 Å². The molecule has 7 heteroatoms. The number of nitrogens with one attached hydrogen (secondary N) is 1. The Balaban J connectivity index is -0.000000722. The van der Waals surface area contributed by atoms with Gasteiger partial charge in [0.2, 0.25) is 5.91 Å². The fraction of sp³-hybridized carbons (Fsp3) is 0.385. The van der Waals surface area contributed by atoms with Crippen LogP contribution in [0, 0.1) is 5.92 Å². The molecule has 0 aromatic heterocycles. The zero-order valence-electron chi connectivity index (χ0n) is 11.3. The number of fused-ring (bicyclic) bond motifs is 1. The second-order valence-corrected chi connectivity index (χ2v) is 4.62. The Morgan fingerprint density at radius 3 is 2.40 bits per heavy atom. The number of amides is 1. The SMILES string of the molecule is CC(C)CC(=O)c1ccc2c(c1)CC(=O)N2.[Al+3].[Cl-].[Cl-].[Cl-]. The first-order valence-corrected chi connectivity index (χ1v) is 5.52. The summed E-state index contributed by atoms with van der Waals surface area (Å²) in [7, 11) is 0. The van der Waals surface area contributed by atoms with Gasteiger partial charge in [-0.2, -0.15) is 0 Å². The Morgan fingerprint density at radius 1 is 1.25 bits per heavy atom. The number of hydrogen-bond acceptors (Lipinski definition) is 2. The summed E-state index contributed by atoms with van der Waals surface area (Å²) in [5.41, 5.74) is 2.48. The van der Waals surface area contributed by atoms with Gasteiger partial charge in [-0.1, -0.05) is 13.8 Å². The van der Waals surface area contributed by atoms with Gasteiger partial charge in [0.25, 0.3) is 0 Å². The van der Waals surface area contributed by atoms with Crippen LogP contribution in [0.1, 0.15) is 36.2 Å². The molecule has 0 atom stereocenters. The first-order valence-electron chi connectivity index (χ1n) is 5.52. The molecule has 1 heterocycles. The van der Waals surface area contributed by atoms with Crippen LogP contribution in [0.25, 0.3) is 0 Å². The van der Waals surface area contributed by atoms with E-state index in [0.29, 0.717) is 24.3 Å². The molecule has 0 unspecified atom stereocenters. The van der Waals surface area contributed by atoms with E-state index in [9.17, 15) is 9.59 Å². The third-order valence-corrected chi connectivity index (χ3v) is 2.65. The summed E-state index contributed by atoms with van der Waals surface area (Å²) in [6.45, 7) is 4.05. The van der Waals surface area contributed by atoms with Crippen molar-refractivity contribution in [2.24, 2.45) is 5.92 Å². The van der Waals surface area contributed by atoms with Crippen LogP contribution in [-0.4, -0.2) is 29.1 Å². The van der Waals surface area contributed by atoms with Gasteiger partial charge in [0.1, 0.15) is 0 Å². The van der Waals surface area contributed by atoms with E-state index in [2.05, 4.69) is 5.32 Å². The van der Waals surface area contributed by atoms with Crippen molar-refractivity contribution in [3.8, 4) is 0 Å². The van der Waals surface area contributed by atoms with Gasteiger partial charge in [0.15, 0.2) is 5.78 Å². The number of halogens is 3. The quantitative estimate of drug-likeness (QED) is 0.435. The minimum atomic E-state index is 0. The molecule has 1 amide bonds. The number of benzene rings is 1. The van der Waals surface area contributed by atoms with Crippen molar-refractivity contribution in [1.29, 1.82) is 0 Å². The van der Waals surface area contributed by atoms with Gasteiger partial charge in [-0.15, -0.1) is 0 Å². The summed E-state index contributed by atoms with van der Waals surface area (Å²) in [6.07, 6.45) is 0.943. The van der Waals surface area contributed by atoms with E-state index in [-0.39, 0.29) is 66.3 Å². The topological polar surface area (TPSA) is 46.2 Å². The monoisotopic (exact) mass is 349 g/mol. The first-order chi connectivity index (χ1) is 7.56. The molecular formula is C13H15AlCl3NO2. The van der Waals surface area contributed by atoms with Gasteiger partial charge < -0.3 is 42.5 Å². The summed E-state index contributed by atoms with van der Waals surface area (Å²) in [6, 6.07) is 5.43. The van der Waals surface area contributed by atoms with E-state index in [0.717, 1.165) is 11.3 Å². The molecule has 1 N–H and O–H groups in total. The normalized spacial score (nSPS) is 11.1. The molecule has 0 radical (unpaired) electrons. The molecular weight excluding hydrogens is 335 g/mol. The molecule has 0 bridgehead atoms. The maximum absolute atomic E-state index is 11.8. The predicted molar refractivity (Wildman–Crippen MR) is 68.3 cm³/mol. The molecule has 2 rings (SSSR count). The van der Waals surface area contributed by atoms with Crippen LogP contribution in [0.4, 0.5) is 5.69 Å². The zero-order valence-corrected chi connectivity index (χ0v) is 14.7. The van der Waals surface area contributed by atoms with E-state index in [1.54, 1.807) is 6.07 Å². The van der Waals surface area contributed by atoms with Crippen molar-refractivity contribution in [1.82, 2.24) is 0 Å². The largest absolute Gasteiger partial charge is 3.00 e. The van der Waals surface area contributed by atoms with Crippen molar-refractivity contribution in [2.45, 2.75) is 26.7 Å². The molecule has 0 fully saturated rings. The number of carbonyl (C=O) groups excluding carboxylic acids is 2. The predicted octanol–water partition coefficient (Wildman–Crippen LogP) is -6.96. The molecule has 0 saturated carbocycles. The van der Waals surface area contributed by atoms with Crippen molar-refractivity contribution < 1.29 is 46.8 Å². The van der Waals surface area contributed by atoms with Crippen molar-refractivity contribution in [2.75, 3.05) is 5.32 Å². The Hall–Kier alpha value is -0.238.